The fourth-order valence-electron chi connectivity index (χ4n) is 2.63. The highest BCUT2D eigenvalue weighted by Gasteiger charge is 2.23. The van der Waals surface area contributed by atoms with E-state index in [1.54, 1.807) is 6.92 Å². The standard InChI is InChI=1S/C19H22N4O2/c1-19(25,14-7-3-2-4-8-14)13-21-18(24)20-12-11-17-22-15-9-5-6-10-16(15)23-17/h2-10,25H,11-13H2,1H3,(H,22,23)(H2,20,21,24). The van der Waals surface area contributed by atoms with E-state index in [1.807, 2.05) is 54.6 Å². The van der Waals surface area contributed by atoms with E-state index in [0.717, 1.165) is 22.4 Å². The van der Waals surface area contributed by atoms with Gasteiger partial charge in [-0.05, 0) is 24.6 Å². The molecule has 1 atom stereocenters. The zero-order valence-electron chi connectivity index (χ0n) is 14.1. The molecule has 0 saturated carbocycles. The van der Waals surface area contributed by atoms with Crippen LogP contribution >= 0.6 is 0 Å². The van der Waals surface area contributed by atoms with E-state index in [-0.39, 0.29) is 12.6 Å². The Morgan fingerprint density at radius 2 is 1.84 bits per heavy atom. The number of aromatic amines is 1. The molecule has 6 heteroatoms. The number of amides is 2. The maximum atomic E-state index is 11.9. The molecular weight excluding hydrogens is 316 g/mol. The largest absolute Gasteiger partial charge is 0.384 e. The van der Waals surface area contributed by atoms with Crippen LogP contribution in [-0.4, -0.2) is 34.2 Å². The maximum Gasteiger partial charge on any atom is 0.314 e. The van der Waals surface area contributed by atoms with Crippen LogP contribution < -0.4 is 10.6 Å². The van der Waals surface area contributed by atoms with Crippen LogP contribution in [0.15, 0.2) is 54.6 Å². The molecule has 0 aliphatic rings. The van der Waals surface area contributed by atoms with Crippen LogP contribution in [0.3, 0.4) is 0 Å². The number of aliphatic hydroxyl groups is 1. The van der Waals surface area contributed by atoms with Crippen molar-refractivity contribution >= 4 is 17.1 Å². The van der Waals surface area contributed by atoms with Gasteiger partial charge in [0.1, 0.15) is 11.4 Å². The molecule has 1 heterocycles. The number of hydrogen-bond donors (Lipinski definition) is 4. The number of hydrogen-bond acceptors (Lipinski definition) is 3. The third-order valence-corrected chi connectivity index (χ3v) is 4.07. The molecule has 25 heavy (non-hydrogen) atoms. The van der Waals surface area contributed by atoms with Gasteiger partial charge in [0.2, 0.25) is 0 Å². The zero-order valence-corrected chi connectivity index (χ0v) is 14.1. The van der Waals surface area contributed by atoms with Crippen LogP contribution in [0.4, 0.5) is 4.79 Å². The Bertz CT molecular complexity index is 810. The topological polar surface area (TPSA) is 90.0 Å². The van der Waals surface area contributed by atoms with E-state index in [0.29, 0.717) is 13.0 Å². The number of rotatable bonds is 6. The first-order valence-electron chi connectivity index (χ1n) is 8.28. The van der Waals surface area contributed by atoms with E-state index in [1.165, 1.54) is 0 Å². The first-order chi connectivity index (χ1) is 12.0. The van der Waals surface area contributed by atoms with Crippen LogP contribution in [0.5, 0.6) is 0 Å². The lowest BCUT2D eigenvalue weighted by molar-refractivity contribution is 0.0594. The Balaban J connectivity index is 1.45. The number of urea groups is 1. The number of fused-ring (bicyclic) bond motifs is 1. The Hall–Kier alpha value is -2.86. The molecule has 2 amide bonds. The molecule has 1 aromatic heterocycles. The number of imidazole rings is 1. The predicted octanol–water partition coefficient (Wildman–Crippen LogP) is 2.31. The van der Waals surface area contributed by atoms with Gasteiger partial charge in [-0.2, -0.15) is 0 Å². The molecule has 4 N–H and O–H groups in total. The maximum absolute atomic E-state index is 11.9. The number of para-hydroxylation sites is 2. The summed E-state index contributed by atoms with van der Waals surface area (Å²) in [6.45, 7) is 2.27. The number of carbonyl (C=O) groups excluding carboxylic acids is 1. The number of benzene rings is 2. The minimum Gasteiger partial charge on any atom is -0.384 e. The summed E-state index contributed by atoms with van der Waals surface area (Å²) in [6, 6.07) is 16.8. The van der Waals surface area contributed by atoms with Crippen molar-refractivity contribution in [1.82, 2.24) is 20.6 Å². The molecule has 130 valence electrons. The summed E-state index contributed by atoms with van der Waals surface area (Å²) in [5.41, 5.74) is 1.55. The third kappa shape index (κ3) is 4.36. The smallest absolute Gasteiger partial charge is 0.314 e. The number of nitrogens with zero attached hydrogens (tertiary/aromatic N) is 1. The van der Waals surface area contributed by atoms with Gasteiger partial charge in [-0.3, -0.25) is 0 Å². The Morgan fingerprint density at radius 3 is 2.60 bits per heavy atom. The Labute approximate surface area is 146 Å². The van der Waals surface area contributed by atoms with E-state index in [4.69, 9.17) is 0 Å². The van der Waals surface area contributed by atoms with Crippen LogP contribution in [0.1, 0.15) is 18.3 Å². The second kappa shape index (κ2) is 7.36. The number of H-pyrrole nitrogens is 1. The number of carbonyl (C=O) groups is 1. The van der Waals surface area contributed by atoms with Gasteiger partial charge in [0.25, 0.3) is 0 Å². The highest BCUT2D eigenvalue weighted by molar-refractivity contribution is 5.75. The SMILES string of the molecule is CC(O)(CNC(=O)NCCc1nc2ccccc2[nH]1)c1ccccc1. The minimum absolute atomic E-state index is 0.132. The van der Waals surface area contributed by atoms with Gasteiger partial charge in [0.15, 0.2) is 0 Å². The lowest BCUT2D eigenvalue weighted by atomic mass is 9.96. The molecule has 0 bridgehead atoms. The Morgan fingerprint density at radius 1 is 1.12 bits per heavy atom. The predicted molar refractivity (Wildman–Crippen MR) is 97.2 cm³/mol. The van der Waals surface area contributed by atoms with Gasteiger partial charge in [0.05, 0.1) is 17.6 Å². The fourth-order valence-corrected chi connectivity index (χ4v) is 2.63. The van der Waals surface area contributed by atoms with Gasteiger partial charge < -0.3 is 20.7 Å². The molecule has 3 rings (SSSR count). The van der Waals surface area contributed by atoms with Crippen molar-refractivity contribution in [3.05, 3.63) is 66.0 Å². The van der Waals surface area contributed by atoms with E-state index < -0.39 is 5.60 Å². The number of nitrogens with one attached hydrogen (secondary N) is 3. The van der Waals surface area contributed by atoms with Gasteiger partial charge in [-0.15, -0.1) is 0 Å². The van der Waals surface area contributed by atoms with Crippen molar-refractivity contribution in [2.24, 2.45) is 0 Å². The van der Waals surface area contributed by atoms with Crippen molar-refractivity contribution in [1.29, 1.82) is 0 Å². The van der Waals surface area contributed by atoms with Crippen molar-refractivity contribution in [2.45, 2.75) is 18.9 Å². The Kier molecular flexibility index (Phi) is 5.00. The third-order valence-electron chi connectivity index (χ3n) is 4.07. The zero-order chi connectivity index (χ0) is 17.7. The van der Waals surface area contributed by atoms with Crippen LogP contribution in [-0.2, 0) is 12.0 Å². The van der Waals surface area contributed by atoms with Gasteiger partial charge in [0, 0.05) is 13.0 Å². The molecule has 0 fully saturated rings. The quantitative estimate of drug-likeness (QED) is 0.556. The first kappa shape index (κ1) is 17.0. The van der Waals surface area contributed by atoms with Gasteiger partial charge >= 0.3 is 6.03 Å². The summed E-state index contributed by atoms with van der Waals surface area (Å²) in [6.07, 6.45) is 0.608. The average Bonchev–Trinajstić information content (AvgIpc) is 3.03. The first-order valence-corrected chi connectivity index (χ1v) is 8.28. The minimum atomic E-state index is -1.11. The highest BCUT2D eigenvalue weighted by atomic mass is 16.3. The summed E-state index contributed by atoms with van der Waals surface area (Å²) in [7, 11) is 0. The molecule has 6 nitrogen and oxygen atoms in total. The van der Waals surface area contributed by atoms with E-state index in [2.05, 4.69) is 20.6 Å². The molecule has 0 aliphatic heterocycles. The van der Waals surface area contributed by atoms with Crippen molar-refractivity contribution in [3.8, 4) is 0 Å². The van der Waals surface area contributed by atoms with Crippen molar-refractivity contribution < 1.29 is 9.90 Å². The normalized spacial score (nSPS) is 13.4. The molecule has 3 aromatic rings. The summed E-state index contributed by atoms with van der Waals surface area (Å²) in [5, 5.41) is 15.9. The fraction of sp³-hybridized carbons (Fsp3) is 0.263. The van der Waals surface area contributed by atoms with Gasteiger partial charge in [-0.25, -0.2) is 9.78 Å². The number of aromatic nitrogens is 2. The lowest BCUT2D eigenvalue weighted by Gasteiger charge is -2.24. The van der Waals surface area contributed by atoms with E-state index >= 15 is 0 Å². The van der Waals surface area contributed by atoms with Crippen LogP contribution in [0.2, 0.25) is 0 Å². The molecule has 2 aromatic carbocycles. The van der Waals surface area contributed by atoms with Crippen LogP contribution in [0.25, 0.3) is 11.0 Å². The molecular formula is C19H22N4O2. The second-order valence-corrected chi connectivity index (χ2v) is 6.20. The molecule has 0 spiro atoms. The van der Waals surface area contributed by atoms with E-state index in [9.17, 15) is 9.90 Å². The van der Waals surface area contributed by atoms with Crippen molar-refractivity contribution in [3.63, 3.8) is 0 Å². The highest BCUT2D eigenvalue weighted by Crippen LogP contribution is 2.18. The lowest BCUT2D eigenvalue weighted by Crippen LogP contribution is -2.44. The monoisotopic (exact) mass is 338 g/mol. The summed E-state index contributed by atoms with van der Waals surface area (Å²) >= 11 is 0. The molecule has 0 aliphatic carbocycles. The van der Waals surface area contributed by atoms with Crippen molar-refractivity contribution in [2.75, 3.05) is 13.1 Å². The average molecular weight is 338 g/mol. The van der Waals surface area contributed by atoms with Gasteiger partial charge in [-0.1, -0.05) is 42.5 Å². The molecule has 0 saturated heterocycles. The molecule has 0 radical (unpaired) electrons. The second-order valence-electron chi connectivity index (χ2n) is 6.20. The summed E-state index contributed by atoms with van der Waals surface area (Å²) in [4.78, 5) is 19.6. The summed E-state index contributed by atoms with van der Waals surface area (Å²) in [5.74, 6) is 0.831. The van der Waals surface area contributed by atoms with Crippen LogP contribution in [0, 0.1) is 0 Å². The summed E-state index contributed by atoms with van der Waals surface area (Å²) < 4.78 is 0. The molecule has 1 unspecified atom stereocenters.